The highest BCUT2D eigenvalue weighted by Gasteiger charge is 2.46. The molecule has 2 nitrogen and oxygen atoms in total. The van der Waals surface area contributed by atoms with Crippen molar-refractivity contribution in [1.82, 2.24) is 5.32 Å². The van der Waals surface area contributed by atoms with Crippen LogP contribution in [0.3, 0.4) is 0 Å². The van der Waals surface area contributed by atoms with Crippen molar-refractivity contribution in [2.24, 2.45) is 5.41 Å². The summed E-state index contributed by atoms with van der Waals surface area (Å²) in [6, 6.07) is 0.860. The smallest absolute Gasteiger partial charge is 0.0631 e. The van der Waals surface area contributed by atoms with E-state index in [1.54, 1.807) is 0 Å². The summed E-state index contributed by atoms with van der Waals surface area (Å²) in [5.41, 5.74) is 0.762. The third-order valence-electron chi connectivity index (χ3n) is 4.51. The van der Waals surface area contributed by atoms with E-state index in [2.05, 4.69) is 19.2 Å². The second-order valence-corrected chi connectivity index (χ2v) is 6.90. The summed E-state index contributed by atoms with van der Waals surface area (Å²) in [5.74, 6) is 0. The predicted molar refractivity (Wildman–Crippen MR) is 65.5 cm³/mol. The van der Waals surface area contributed by atoms with Crippen LogP contribution < -0.4 is 5.32 Å². The molecule has 3 aliphatic rings. The fraction of sp³-hybridized carbons (Fsp3) is 1.00. The van der Waals surface area contributed by atoms with Gasteiger partial charge in [-0.05, 0) is 64.2 Å². The molecular formula is C14H25NO. The van der Waals surface area contributed by atoms with Crippen LogP contribution in [-0.2, 0) is 4.74 Å². The van der Waals surface area contributed by atoms with Crippen molar-refractivity contribution in [3.63, 3.8) is 0 Å². The van der Waals surface area contributed by atoms with E-state index in [9.17, 15) is 0 Å². The van der Waals surface area contributed by atoms with E-state index in [-0.39, 0.29) is 5.60 Å². The van der Waals surface area contributed by atoms with Crippen molar-refractivity contribution in [3.05, 3.63) is 0 Å². The van der Waals surface area contributed by atoms with Crippen LogP contribution in [0.25, 0.3) is 0 Å². The average molecular weight is 223 g/mol. The lowest BCUT2D eigenvalue weighted by Gasteiger charge is -2.23. The van der Waals surface area contributed by atoms with Crippen molar-refractivity contribution in [2.75, 3.05) is 6.54 Å². The van der Waals surface area contributed by atoms with Crippen molar-refractivity contribution in [2.45, 2.75) is 76.5 Å². The minimum absolute atomic E-state index is 0.144. The summed E-state index contributed by atoms with van der Waals surface area (Å²) in [5, 5.41) is 3.70. The van der Waals surface area contributed by atoms with Gasteiger partial charge in [-0.15, -0.1) is 0 Å². The monoisotopic (exact) mass is 223 g/mol. The first-order valence-corrected chi connectivity index (χ1v) is 6.98. The third kappa shape index (κ3) is 2.60. The molecule has 0 aromatic rings. The van der Waals surface area contributed by atoms with Crippen LogP contribution in [0.15, 0.2) is 0 Å². The molecule has 2 aliphatic carbocycles. The Morgan fingerprint density at radius 1 is 1.12 bits per heavy atom. The van der Waals surface area contributed by atoms with Crippen LogP contribution in [-0.4, -0.2) is 24.3 Å². The van der Waals surface area contributed by atoms with Crippen LogP contribution in [0, 0.1) is 5.41 Å². The molecular weight excluding hydrogens is 198 g/mol. The van der Waals surface area contributed by atoms with Gasteiger partial charge in [0.05, 0.1) is 11.7 Å². The van der Waals surface area contributed by atoms with E-state index < -0.39 is 0 Å². The minimum Gasteiger partial charge on any atom is -0.372 e. The number of nitrogens with one attached hydrogen (secondary N) is 1. The first kappa shape index (κ1) is 11.0. The zero-order chi connectivity index (χ0) is 11.2. The third-order valence-corrected chi connectivity index (χ3v) is 4.51. The Balaban J connectivity index is 1.46. The second-order valence-electron chi connectivity index (χ2n) is 6.90. The molecule has 0 aromatic heterocycles. The normalized spacial score (nSPS) is 35.2. The predicted octanol–water partition coefficient (Wildman–Crippen LogP) is 2.87. The van der Waals surface area contributed by atoms with Gasteiger partial charge in [-0.25, -0.2) is 0 Å². The Labute approximate surface area is 99.1 Å². The molecule has 1 atom stereocenters. The highest BCUT2D eigenvalue weighted by Crippen LogP contribution is 2.51. The molecule has 0 amide bonds. The van der Waals surface area contributed by atoms with Gasteiger partial charge in [0.15, 0.2) is 0 Å². The summed E-state index contributed by atoms with van der Waals surface area (Å²) in [6.45, 7) is 5.71. The molecule has 0 aromatic carbocycles. The Hall–Kier alpha value is -0.0800. The Morgan fingerprint density at radius 2 is 1.88 bits per heavy atom. The Morgan fingerprint density at radius 3 is 2.38 bits per heavy atom. The van der Waals surface area contributed by atoms with Gasteiger partial charge in [0.2, 0.25) is 0 Å². The van der Waals surface area contributed by atoms with E-state index in [0.717, 1.165) is 6.04 Å². The van der Waals surface area contributed by atoms with Crippen molar-refractivity contribution < 1.29 is 4.74 Å². The largest absolute Gasteiger partial charge is 0.372 e. The number of hydrogen-bond acceptors (Lipinski definition) is 2. The summed E-state index contributed by atoms with van der Waals surface area (Å²) in [7, 11) is 0. The maximum Gasteiger partial charge on any atom is 0.0631 e. The molecule has 0 spiro atoms. The van der Waals surface area contributed by atoms with Crippen LogP contribution >= 0.6 is 0 Å². The molecule has 2 heteroatoms. The van der Waals surface area contributed by atoms with Crippen LogP contribution in [0.5, 0.6) is 0 Å². The minimum atomic E-state index is 0.144. The highest BCUT2D eigenvalue weighted by atomic mass is 16.5. The molecule has 92 valence electrons. The summed E-state index contributed by atoms with van der Waals surface area (Å²) in [6.07, 6.45) is 10.0. The van der Waals surface area contributed by atoms with Crippen molar-refractivity contribution in [3.8, 4) is 0 Å². The lowest BCUT2D eigenvalue weighted by molar-refractivity contribution is -0.0263. The van der Waals surface area contributed by atoms with E-state index in [4.69, 9.17) is 4.74 Å². The standard InChI is InChI=1S/C14H25NO/c1-13(2)6-5-12(16-13)9-14(7-8-14)10-15-11-3-4-11/h11-12,15H,3-10H2,1-2H3. The van der Waals surface area contributed by atoms with Crippen LogP contribution in [0.4, 0.5) is 0 Å². The fourth-order valence-corrected chi connectivity index (χ4v) is 2.98. The highest BCUT2D eigenvalue weighted by molar-refractivity contribution is 4.99. The average Bonchev–Trinajstić information content (AvgIpc) is 3.07. The topological polar surface area (TPSA) is 21.3 Å². The lowest BCUT2D eigenvalue weighted by Crippen LogP contribution is -2.29. The van der Waals surface area contributed by atoms with Crippen LogP contribution in [0.2, 0.25) is 0 Å². The van der Waals surface area contributed by atoms with E-state index in [1.807, 2.05) is 0 Å². The second kappa shape index (κ2) is 3.71. The van der Waals surface area contributed by atoms with Gasteiger partial charge in [0.25, 0.3) is 0 Å². The molecule has 1 heterocycles. The lowest BCUT2D eigenvalue weighted by atomic mass is 9.96. The SMILES string of the molecule is CC1(C)CCC(CC2(CNC3CC3)CC2)O1. The summed E-state index contributed by atoms with van der Waals surface area (Å²) >= 11 is 0. The van der Waals surface area contributed by atoms with Gasteiger partial charge in [-0.2, -0.15) is 0 Å². The van der Waals surface area contributed by atoms with Gasteiger partial charge < -0.3 is 10.1 Å². The van der Waals surface area contributed by atoms with Crippen molar-refractivity contribution >= 4 is 0 Å². The number of hydrogen-bond donors (Lipinski definition) is 1. The quantitative estimate of drug-likeness (QED) is 0.774. The fourth-order valence-electron chi connectivity index (χ4n) is 2.98. The molecule has 1 N–H and O–H groups in total. The van der Waals surface area contributed by atoms with E-state index in [1.165, 1.54) is 51.5 Å². The molecule has 16 heavy (non-hydrogen) atoms. The van der Waals surface area contributed by atoms with Gasteiger partial charge in [0, 0.05) is 12.6 Å². The van der Waals surface area contributed by atoms with E-state index in [0.29, 0.717) is 11.5 Å². The van der Waals surface area contributed by atoms with Gasteiger partial charge in [-0.1, -0.05) is 0 Å². The summed E-state index contributed by atoms with van der Waals surface area (Å²) < 4.78 is 6.12. The molecule has 0 bridgehead atoms. The molecule has 3 fully saturated rings. The molecule has 3 rings (SSSR count). The Bertz CT molecular complexity index is 266. The summed E-state index contributed by atoms with van der Waals surface area (Å²) in [4.78, 5) is 0. The molecule has 1 saturated heterocycles. The van der Waals surface area contributed by atoms with Crippen molar-refractivity contribution in [1.29, 1.82) is 0 Å². The zero-order valence-corrected chi connectivity index (χ0v) is 10.7. The molecule has 2 saturated carbocycles. The molecule has 1 aliphatic heterocycles. The number of ether oxygens (including phenoxy) is 1. The van der Waals surface area contributed by atoms with Gasteiger partial charge in [0.1, 0.15) is 0 Å². The maximum absolute atomic E-state index is 6.12. The molecule has 0 radical (unpaired) electrons. The maximum atomic E-state index is 6.12. The Kier molecular flexibility index (Phi) is 2.56. The first-order valence-electron chi connectivity index (χ1n) is 6.98. The number of rotatable bonds is 5. The van der Waals surface area contributed by atoms with Gasteiger partial charge >= 0.3 is 0 Å². The van der Waals surface area contributed by atoms with Gasteiger partial charge in [-0.3, -0.25) is 0 Å². The first-order chi connectivity index (χ1) is 7.57. The van der Waals surface area contributed by atoms with Crippen LogP contribution in [0.1, 0.15) is 58.8 Å². The van der Waals surface area contributed by atoms with E-state index >= 15 is 0 Å². The molecule has 1 unspecified atom stereocenters. The zero-order valence-electron chi connectivity index (χ0n) is 10.7.